The quantitative estimate of drug-likeness (QED) is 0.400. The van der Waals surface area contributed by atoms with Gasteiger partial charge >= 0.3 is 6.18 Å². The monoisotopic (exact) mass is 447 g/mol. The number of nitrogens with zero attached hydrogens (tertiary/aromatic N) is 1. The number of amides is 1. The number of benzene rings is 3. The molecule has 0 unspecified atom stereocenters. The van der Waals surface area contributed by atoms with Gasteiger partial charge in [-0.2, -0.15) is 13.2 Å². The maximum absolute atomic E-state index is 14.3. The van der Waals surface area contributed by atoms with E-state index in [1.807, 2.05) is 44.2 Å². The van der Waals surface area contributed by atoms with Gasteiger partial charge in [-0.15, -0.1) is 0 Å². The van der Waals surface area contributed by atoms with Gasteiger partial charge in [-0.25, -0.2) is 8.78 Å². The molecule has 0 aromatic heterocycles. The summed E-state index contributed by atoms with van der Waals surface area (Å²) in [6, 6.07) is 15.9. The Bertz CT molecular complexity index is 1110. The van der Waals surface area contributed by atoms with Crippen LogP contribution in [-0.4, -0.2) is 12.5 Å². The summed E-state index contributed by atoms with van der Waals surface area (Å²) in [5.74, 6) is -3.73. The van der Waals surface area contributed by atoms with Gasteiger partial charge < -0.3 is 4.90 Å². The third kappa shape index (κ3) is 5.33. The molecule has 0 spiro atoms. The molecule has 1 amide bonds. The predicted molar refractivity (Wildman–Crippen MR) is 113 cm³/mol. The average Bonchev–Trinajstić information content (AvgIpc) is 2.73. The first kappa shape index (κ1) is 23.4. The normalized spacial score (nSPS) is 11.5. The van der Waals surface area contributed by atoms with E-state index in [9.17, 15) is 26.7 Å². The van der Waals surface area contributed by atoms with Crippen molar-refractivity contribution in [2.75, 3.05) is 11.4 Å². The molecule has 0 bridgehead atoms. The van der Waals surface area contributed by atoms with Gasteiger partial charge in [0.1, 0.15) is 0 Å². The Labute approximate surface area is 183 Å². The Morgan fingerprint density at radius 2 is 1.56 bits per heavy atom. The van der Waals surface area contributed by atoms with E-state index >= 15 is 0 Å². The van der Waals surface area contributed by atoms with E-state index in [4.69, 9.17) is 0 Å². The number of halogens is 5. The first-order chi connectivity index (χ1) is 15.1. The highest BCUT2D eigenvalue weighted by atomic mass is 19.4. The minimum absolute atomic E-state index is 0.0180. The van der Waals surface area contributed by atoms with Crippen LogP contribution in [0.1, 0.15) is 27.8 Å². The first-order valence-corrected chi connectivity index (χ1v) is 10.0. The van der Waals surface area contributed by atoms with Crippen LogP contribution < -0.4 is 4.90 Å². The third-order valence-corrected chi connectivity index (χ3v) is 5.37. The number of carbonyl (C=O) groups is 1. The van der Waals surface area contributed by atoms with Crippen LogP contribution in [0.25, 0.3) is 0 Å². The van der Waals surface area contributed by atoms with Crippen molar-refractivity contribution in [1.82, 2.24) is 0 Å². The summed E-state index contributed by atoms with van der Waals surface area (Å²) >= 11 is 0. The van der Waals surface area contributed by atoms with Crippen LogP contribution in [0.5, 0.6) is 0 Å². The lowest BCUT2D eigenvalue weighted by atomic mass is 10.0. The highest BCUT2D eigenvalue weighted by molar-refractivity contribution is 5.95. The molecule has 0 radical (unpaired) electrons. The van der Waals surface area contributed by atoms with Crippen LogP contribution in [0, 0.1) is 25.5 Å². The van der Waals surface area contributed by atoms with E-state index in [-0.39, 0.29) is 30.9 Å². The number of aryl methyl sites for hydroxylation is 2. The Hall–Kier alpha value is -3.22. The van der Waals surface area contributed by atoms with Gasteiger partial charge in [0, 0.05) is 12.2 Å². The van der Waals surface area contributed by atoms with Crippen LogP contribution >= 0.6 is 0 Å². The highest BCUT2D eigenvalue weighted by Crippen LogP contribution is 2.33. The molecule has 3 aromatic rings. The number of anilines is 1. The van der Waals surface area contributed by atoms with Crippen molar-refractivity contribution in [2.45, 2.75) is 32.9 Å². The lowest BCUT2D eigenvalue weighted by molar-refractivity contribution is -0.140. The molecule has 0 fully saturated rings. The van der Waals surface area contributed by atoms with E-state index in [1.165, 1.54) is 4.90 Å². The Morgan fingerprint density at radius 1 is 0.875 bits per heavy atom. The fourth-order valence-corrected chi connectivity index (χ4v) is 3.39. The maximum Gasteiger partial charge on any atom is 0.419 e. The highest BCUT2D eigenvalue weighted by Gasteiger charge is 2.36. The Morgan fingerprint density at radius 3 is 2.19 bits per heavy atom. The summed E-state index contributed by atoms with van der Waals surface area (Å²) in [4.78, 5) is 14.5. The molecule has 2 nitrogen and oxygen atoms in total. The van der Waals surface area contributed by atoms with Gasteiger partial charge in [-0.3, -0.25) is 4.79 Å². The molecule has 0 N–H and O–H groups in total. The molecule has 7 heteroatoms. The van der Waals surface area contributed by atoms with Gasteiger partial charge in [0.15, 0.2) is 11.6 Å². The predicted octanol–water partition coefficient (Wildman–Crippen LogP) is 6.42. The summed E-state index contributed by atoms with van der Waals surface area (Å²) in [6.45, 7) is 3.80. The van der Waals surface area contributed by atoms with Crippen LogP contribution in [0.15, 0.2) is 60.7 Å². The molecule has 32 heavy (non-hydrogen) atoms. The largest absolute Gasteiger partial charge is 0.419 e. The SMILES string of the molecule is Cc1ccc(N(CCc2ccc(C(F)(F)F)c(F)c2F)C(=O)Cc2ccccc2)cc1C. The number of hydrogen-bond acceptors (Lipinski definition) is 1. The lowest BCUT2D eigenvalue weighted by Gasteiger charge is -2.24. The number of alkyl halides is 3. The number of carbonyl (C=O) groups excluding carboxylic acids is 1. The number of hydrogen-bond donors (Lipinski definition) is 0. The van der Waals surface area contributed by atoms with Crippen LogP contribution in [0.4, 0.5) is 27.6 Å². The molecule has 0 heterocycles. The molecule has 0 saturated heterocycles. The van der Waals surface area contributed by atoms with Gasteiger partial charge in [-0.05, 0) is 60.7 Å². The van der Waals surface area contributed by atoms with E-state index in [1.54, 1.807) is 18.2 Å². The molecular weight excluding hydrogens is 425 g/mol. The third-order valence-electron chi connectivity index (χ3n) is 5.37. The standard InChI is InChI=1S/C25H22F5NO/c1-16-8-10-20(14-17(16)2)31(22(32)15-18-6-4-3-5-7-18)13-12-19-9-11-21(25(28,29)30)24(27)23(19)26/h3-11,14H,12-13,15H2,1-2H3. The second kappa shape index (κ2) is 9.51. The van der Waals surface area contributed by atoms with Crippen molar-refractivity contribution in [1.29, 1.82) is 0 Å². The second-order valence-corrected chi connectivity index (χ2v) is 7.62. The van der Waals surface area contributed by atoms with Crippen LogP contribution in [0.2, 0.25) is 0 Å². The van der Waals surface area contributed by atoms with E-state index in [2.05, 4.69) is 0 Å². The van der Waals surface area contributed by atoms with E-state index in [0.717, 1.165) is 22.8 Å². The zero-order valence-electron chi connectivity index (χ0n) is 17.6. The average molecular weight is 447 g/mol. The summed E-state index contributed by atoms with van der Waals surface area (Å²) in [7, 11) is 0. The van der Waals surface area contributed by atoms with Gasteiger partial charge in [0.05, 0.1) is 12.0 Å². The minimum atomic E-state index is -4.99. The van der Waals surface area contributed by atoms with Crippen molar-refractivity contribution in [2.24, 2.45) is 0 Å². The fraction of sp³-hybridized carbons (Fsp3) is 0.240. The fourth-order valence-electron chi connectivity index (χ4n) is 3.39. The molecule has 0 saturated carbocycles. The number of rotatable bonds is 6. The maximum atomic E-state index is 14.3. The topological polar surface area (TPSA) is 20.3 Å². The molecule has 3 aromatic carbocycles. The lowest BCUT2D eigenvalue weighted by Crippen LogP contribution is -2.34. The van der Waals surface area contributed by atoms with Crippen molar-refractivity contribution in [3.05, 3.63) is 100 Å². The summed E-state index contributed by atoms with van der Waals surface area (Å²) in [5.41, 5.74) is 1.48. The van der Waals surface area contributed by atoms with E-state index in [0.29, 0.717) is 11.8 Å². The van der Waals surface area contributed by atoms with Crippen molar-refractivity contribution in [3.63, 3.8) is 0 Å². The van der Waals surface area contributed by atoms with Crippen LogP contribution in [-0.2, 0) is 23.8 Å². The smallest absolute Gasteiger partial charge is 0.312 e. The second-order valence-electron chi connectivity index (χ2n) is 7.62. The van der Waals surface area contributed by atoms with Crippen molar-refractivity contribution >= 4 is 11.6 Å². The molecule has 0 aliphatic heterocycles. The summed E-state index contributed by atoms with van der Waals surface area (Å²) in [6.07, 6.45) is -5.04. The molecule has 0 aliphatic carbocycles. The molecular formula is C25H22F5NO. The van der Waals surface area contributed by atoms with Gasteiger partial charge in [0.2, 0.25) is 5.91 Å². The zero-order valence-corrected chi connectivity index (χ0v) is 17.6. The Balaban J connectivity index is 1.88. The zero-order chi connectivity index (χ0) is 23.5. The van der Waals surface area contributed by atoms with E-state index < -0.39 is 23.4 Å². The molecule has 0 atom stereocenters. The molecule has 0 aliphatic rings. The minimum Gasteiger partial charge on any atom is -0.312 e. The van der Waals surface area contributed by atoms with Gasteiger partial charge in [-0.1, -0.05) is 42.5 Å². The summed E-state index contributed by atoms with van der Waals surface area (Å²) in [5, 5.41) is 0. The van der Waals surface area contributed by atoms with Gasteiger partial charge in [0.25, 0.3) is 0 Å². The van der Waals surface area contributed by atoms with Crippen molar-refractivity contribution in [3.8, 4) is 0 Å². The van der Waals surface area contributed by atoms with Crippen molar-refractivity contribution < 1.29 is 26.7 Å². The Kier molecular flexibility index (Phi) is 6.96. The van der Waals surface area contributed by atoms with Crippen LogP contribution in [0.3, 0.4) is 0 Å². The summed E-state index contributed by atoms with van der Waals surface area (Å²) < 4.78 is 66.8. The molecule has 3 rings (SSSR count). The molecule has 168 valence electrons. The first-order valence-electron chi connectivity index (χ1n) is 10.0.